The van der Waals surface area contributed by atoms with Crippen LogP contribution in [0.1, 0.15) is 11.1 Å². The molecule has 2 rings (SSSR count). The SMILES string of the molecule is Cc1ccc(NCC(=O)NNC(=O)COc2ccc(F)cc2)c(C)c1. The largest absolute Gasteiger partial charge is 0.484 e. The van der Waals surface area contributed by atoms with Gasteiger partial charge in [0, 0.05) is 5.69 Å². The Morgan fingerprint density at radius 3 is 2.36 bits per heavy atom. The zero-order valence-electron chi connectivity index (χ0n) is 14.1. The first-order valence-corrected chi connectivity index (χ1v) is 7.71. The van der Waals surface area contributed by atoms with Gasteiger partial charge in [-0.05, 0) is 49.7 Å². The summed E-state index contributed by atoms with van der Waals surface area (Å²) in [7, 11) is 0. The van der Waals surface area contributed by atoms with Crippen LogP contribution in [0.25, 0.3) is 0 Å². The molecular weight excluding hydrogens is 325 g/mol. The van der Waals surface area contributed by atoms with Gasteiger partial charge in [0.15, 0.2) is 6.61 Å². The van der Waals surface area contributed by atoms with Crippen LogP contribution in [0.15, 0.2) is 42.5 Å². The molecule has 0 aliphatic rings. The summed E-state index contributed by atoms with van der Waals surface area (Å²) in [5.41, 5.74) is 7.56. The van der Waals surface area contributed by atoms with E-state index in [-0.39, 0.29) is 19.0 Å². The molecule has 0 radical (unpaired) electrons. The molecule has 2 aromatic carbocycles. The Morgan fingerprint density at radius 1 is 1.00 bits per heavy atom. The second-order valence-electron chi connectivity index (χ2n) is 5.51. The van der Waals surface area contributed by atoms with E-state index in [0.29, 0.717) is 5.75 Å². The number of benzene rings is 2. The molecular formula is C18H20FN3O3. The van der Waals surface area contributed by atoms with Gasteiger partial charge in [0.2, 0.25) is 0 Å². The molecule has 25 heavy (non-hydrogen) atoms. The first-order chi connectivity index (χ1) is 11.9. The number of aryl methyl sites for hydroxylation is 2. The van der Waals surface area contributed by atoms with Gasteiger partial charge < -0.3 is 10.1 Å². The van der Waals surface area contributed by atoms with E-state index in [0.717, 1.165) is 16.8 Å². The number of carbonyl (C=O) groups excluding carboxylic acids is 2. The van der Waals surface area contributed by atoms with E-state index in [1.807, 2.05) is 32.0 Å². The zero-order chi connectivity index (χ0) is 18.2. The average molecular weight is 345 g/mol. The smallest absolute Gasteiger partial charge is 0.276 e. The minimum Gasteiger partial charge on any atom is -0.484 e. The minimum absolute atomic E-state index is 0.0169. The van der Waals surface area contributed by atoms with Crippen molar-refractivity contribution in [2.75, 3.05) is 18.5 Å². The van der Waals surface area contributed by atoms with Crippen molar-refractivity contribution in [3.05, 3.63) is 59.4 Å². The number of rotatable bonds is 6. The second-order valence-corrected chi connectivity index (χ2v) is 5.51. The Morgan fingerprint density at radius 2 is 1.68 bits per heavy atom. The lowest BCUT2D eigenvalue weighted by atomic mass is 10.1. The van der Waals surface area contributed by atoms with Crippen molar-refractivity contribution >= 4 is 17.5 Å². The molecule has 0 saturated heterocycles. The first-order valence-electron chi connectivity index (χ1n) is 7.71. The van der Waals surface area contributed by atoms with Gasteiger partial charge in [0.05, 0.1) is 6.54 Å². The quantitative estimate of drug-likeness (QED) is 0.701. The number of amides is 2. The number of hydrogen-bond donors (Lipinski definition) is 3. The summed E-state index contributed by atoms with van der Waals surface area (Å²) < 4.78 is 17.9. The molecule has 6 nitrogen and oxygen atoms in total. The molecule has 2 aromatic rings. The van der Waals surface area contributed by atoms with Crippen molar-refractivity contribution in [3.63, 3.8) is 0 Å². The van der Waals surface area contributed by atoms with Gasteiger partial charge >= 0.3 is 0 Å². The fourth-order valence-electron chi connectivity index (χ4n) is 2.09. The number of hydrazine groups is 1. The van der Waals surface area contributed by atoms with Gasteiger partial charge in [0.25, 0.3) is 11.8 Å². The third kappa shape index (κ3) is 6.14. The molecule has 3 N–H and O–H groups in total. The highest BCUT2D eigenvalue weighted by molar-refractivity contribution is 5.85. The third-order valence-electron chi connectivity index (χ3n) is 3.35. The van der Waals surface area contributed by atoms with E-state index < -0.39 is 11.8 Å². The monoisotopic (exact) mass is 345 g/mol. The lowest BCUT2D eigenvalue weighted by molar-refractivity contribution is -0.129. The maximum absolute atomic E-state index is 12.7. The number of carbonyl (C=O) groups is 2. The molecule has 7 heteroatoms. The van der Waals surface area contributed by atoms with Crippen molar-refractivity contribution in [3.8, 4) is 5.75 Å². The van der Waals surface area contributed by atoms with Crippen molar-refractivity contribution < 1.29 is 18.7 Å². The summed E-state index contributed by atoms with van der Waals surface area (Å²) in [5, 5.41) is 3.00. The van der Waals surface area contributed by atoms with Crippen molar-refractivity contribution in [2.45, 2.75) is 13.8 Å². The Hall–Kier alpha value is -3.09. The molecule has 0 saturated carbocycles. The molecule has 0 aromatic heterocycles. The van der Waals surface area contributed by atoms with Crippen LogP contribution in [0.2, 0.25) is 0 Å². The lowest BCUT2D eigenvalue weighted by Crippen LogP contribution is -2.46. The van der Waals surface area contributed by atoms with Gasteiger partial charge in [-0.15, -0.1) is 0 Å². The van der Waals surface area contributed by atoms with E-state index in [4.69, 9.17) is 4.74 Å². The molecule has 0 aliphatic carbocycles. The van der Waals surface area contributed by atoms with Crippen LogP contribution in [-0.4, -0.2) is 25.0 Å². The summed E-state index contributed by atoms with van der Waals surface area (Å²) in [4.78, 5) is 23.3. The van der Waals surface area contributed by atoms with Crippen molar-refractivity contribution in [2.24, 2.45) is 0 Å². The molecule has 2 amide bonds. The van der Waals surface area contributed by atoms with E-state index in [2.05, 4.69) is 16.2 Å². The molecule has 132 valence electrons. The lowest BCUT2D eigenvalue weighted by Gasteiger charge is -2.11. The topological polar surface area (TPSA) is 79.5 Å². The van der Waals surface area contributed by atoms with Crippen LogP contribution in [0.4, 0.5) is 10.1 Å². The van der Waals surface area contributed by atoms with E-state index in [1.165, 1.54) is 24.3 Å². The van der Waals surface area contributed by atoms with Gasteiger partial charge in [-0.3, -0.25) is 20.4 Å². The number of ether oxygens (including phenoxy) is 1. The minimum atomic E-state index is -0.524. The normalized spacial score (nSPS) is 10.0. The molecule has 0 unspecified atom stereocenters. The van der Waals surface area contributed by atoms with Gasteiger partial charge in [0.1, 0.15) is 11.6 Å². The number of anilines is 1. The second kappa shape index (κ2) is 8.68. The highest BCUT2D eigenvalue weighted by Gasteiger charge is 2.06. The molecule has 0 fully saturated rings. The van der Waals surface area contributed by atoms with Gasteiger partial charge in [-0.2, -0.15) is 0 Å². The molecule has 0 bridgehead atoms. The van der Waals surface area contributed by atoms with Crippen molar-refractivity contribution in [1.82, 2.24) is 10.9 Å². The zero-order valence-corrected chi connectivity index (χ0v) is 14.1. The van der Waals surface area contributed by atoms with Crippen LogP contribution in [0.3, 0.4) is 0 Å². The van der Waals surface area contributed by atoms with Crippen LogP contribution < -0.4 is 20.9 Å². The van der Waals surface area contributed by atoms with E-state index in [1.54, 1.807) is 0 Å². The molecule has 0 spiro atoms. The third-order valence-corrected chi connectivity index (χ3v) is 3.35. The van der Waals surface area contributed by atoms with Crippen LogP contribution in [0.5, 0.6) is 5.75 Å². The Bertz CT molecular complexity index is 748. The van der Waals surface area contributed by atoms with E-state index >= 15 is 0 Å². The molecule has 0 atom stereocenters. The maximum atomic E-state index is 12.7. The first kappa shape index (κ1) is 18.3. The summed E-state index contributed by atoms with van der Waals surface area (Å²) in [5.74, 6) is -0.945. The fourth-order valence-corrected chi connectivity index (χ4v) is 2.09. The molecule has 0 heterocycles. The number of hydrogen-bond acceptors (Lipinski definition) is 4. The van der Waals surface area contributed by atoms with Gasteiger partial charge in [-0.25, -0.2) is 4.39 Å². The summed E-state index contributed by atoms with van der Waals surface area (Å²) in [6.07, 6.45) is 0. The van der Waals surface area contributed by atoms with E-state index in [9.17, 15) is 14.0 Å². The standard InChI is InChI=1S/C18H20FN3O3/c1-12-3-8-16(13(2)9-12)20-10-17(23)21-22-18(24)11-25-15-6-4-14(19)5-7-15/h3-9,20H,10-11H2,1-2H3,(H,21,23)(H,22,24). The predicted octanol–water partition coefficient (Wildman–Crippen LogP) is 2.08. The van der Waals surface area contributed by atoms with Crippen LogP contribution >= 0.6 is 0 Å². The maximum Gasteiger partial charge on any atom is 0.276 e. The summed E-state index contributed by atoms with van der Waals surface area (Å²) in [6.45, 7) is 3.66. The Labute approximate surface area is 145 Å². The van der Waals surface area contributed by atoms with Crippen molar-refractivity contribution in [1.29, 1.82) is 0 Å². The van der Waals surface area contributed by atoms with Crippen LogP contribution in [-0.2, 0) is 9.59 Å². The predicted molar refractivity (Wildman–Crippen MR) is 92.6 cm³/mol. The Balaban J connectivity index is 1.68. The summed E-state index contributed by atoms with van der Waals surface area (Å²) >= 11 is 0. The highest BCUT2D eigenvalue weighted by Crippen LogP contribution is 2.15. The van der Waals surface area contributed by atoms with Gasteiger partial charge in [-0.1, -0.05) is 17.7 Å². The number of nitrogens with one attached hydrogen (secondary N) is 3. The highest BCUT2D eigenvalue weighted by atomic mass is 19.1. The van der Waals surface area contributed by atoms with Crippen LogP contribution in [0, 0.1) is 19.7 Å². The average Bonchev–Trinajstić information content (AvgIpc) is 2.58. The summed E-state index contributed by atoms with van der Waals surface area (Å²) in [6, 6.07) is 11.1. The molecule has 0 aliphatic heterocycles. The Kier molecular flexibility index (Phi) is 6.33. The number of halogens is 1. The fraction of sp³-hybridized carbons (Fsp3) is 0.222.